The summed E-state index contributed by atoms with van der Waals surface area (Å²) in [5.41, 5.74) is 2.42. The lowest BCUT2D eigenvalue weighted by Crippen LogP contribution is -2.43. The molecule has 8 heteroatoms. The highest BCUT2D eigenvalue weighted by Gasteiger charge is 2.43. The van der Waals surface area contributed by atoms with Gasteiger partial charge < -0.3 is 4.90 Å². The van der Waals surface area contributed by atoms with Crippen LogP contribution < -0.4 is 0 Å². The molecule has 1 aromatic carbocycles. The minimum Gasteiger partial charge on any atom is -0.330 e. The highest BCUT2D eigenvalue weighted by Crippen LogP contribution is 2.26. The van der Waals surface area contributed by atoms with Crippen LogP contribution in [0.5, 0.6) is 0 Å². The summed E-state index contributed by atoms with van der Waals surface area (Å²) in [6, 6.07) is 5.47. The average molecular weight is 296 g/mol. The minimum absolute atomic E-state index is 0.0381. The first kappa shape index (κ1) is 13.6. The fraction of sp³-hybridized carbons (Fsp3) is 0.308. The zero-order valence-electron chi connectivity index (χ0n) is 10.8. The van der Waals surface area contributed by atoms with Crippen LogP contribution in [0.25, 0.3) is 5.69 Å². The number of halogens is 3. The zero-order chi connectivity index (χ0) is 15.0. The van der Waals surface area contributed by atoms with Gasteiger partial charge in [-0.15, -0.1) is 10.2 Å². The van der Waals surface area contributed by atoms with Gasteiger partial charge in [-0.2, -0.15) is 13.2 Å². The van der Waals surface area contributed by atoms with Gasteiger partial charge in [-0.3, -0.25) is 9.36 Å². The van der Waals surface area contributed by atoms with E-state index in [1.807, 2.05) is 12.1 Å². The maximum atomic E-state index is 12.5. The predicted molar refractivity (Wildman–Crippen MR) is 66.5 cm³/mol. The number of hydrogen-bond acceptors (Lipinski definition) is 3. The smallest absolute Gasteiger partial charge is 0.330 e. The summed E-state index contributed by atoms with van der Waals surface area (Å²) < 4.78 is 39.2. The predicted octanol–water partition coefficient (Wildman–Crippen LogP) is 1.71. The van der Waals surface area contributed by atoms with Crippen LogP contribution in [0.3, 0.4) is 0 Å². The van der Waals surface area contributed by atoms with Crippen LogP contribution in [0, 0.1) is 0 Å². The second kappa shape index (κ2) is 4.87. The molecule has 0 unspecified atom stereocenters. The van der Waals surface area contributed by atoms with Gasteiger partial charge in [0.2, 0.25) is 0 Å². The SMILES string of the molecule is O=C(N1CCc2ccc(-n3cnnc3)cc2C1)C(F)(F)F. The first-order valence-corrected chi connectivity index (χ1v) is 6.28. The summed E-state index contributed by atoms with van der Waals surface area (Å²) >= 11 is 0. The van der Waals surface area contributed by atoms with Crippen LogP contribution in [-0.4, -0.2) is 38.3 Å². The molecule has 0 N–H and O–H groups in total. The van der Waals surface area contributed by atoms with Crippen LogP contribution >= 0.6 is 0 Å². The Bertz CT molecular complexity index is 667. The van der Waals surface area contributed by atoms with Crippen LogP contribution in [0.15, 0.2) is 30.9 Å². The molecule has 0 fully saturated rings. The molecular weight excluding hydrogens is 285 g/mol. The maximum Gasteiger partial charge on any atom is 0.471 e. The third kappa shape index (κ3) is 2.61. The maximum absolute atomic E-state index is 12.5. The van der Waals surface area contributed by atoms with Crippen molar-refractivity contribution in [3.05, 3.63) is 42.0 Å². The number of alkyl halides is 3. The standard InChI is InChI=1S/C13H11F3N4O/c14-13(15,16)12(21)19-4-3-9-1-2-11(5-10(9)6-19)20-7-17-18-8-20/h1-2,5,7-8H,3-4,6H2. The monoisotopic (exact) mass is 296 g/mol. The molecule has 0 aliphatic carbocycles. The number of hydrogen-bond donors (Lipinski definition) is 0. The number of aromatic nitrogens is 3. The lowest BCUT2D eigenvalue weighted by Gasteiger charge is -2.29. The van der Waals surface area contributed by atoms with E-state index < -0.39 is 12.1 Å². The number of carbonyl (C=O) groups is 1. The van der Waals surface area contributed by atoms with E-state index in [-0.39, 0.29) is 13.1 Å². The summed E-state index contributed by atoms with van der Waals surface area (Å²) in [5.74, 6) is -1.79. The Morgan fingerprint density at radius 2 is 1.86 bits per heavy atom. The van der Waals surface area contributed by atoms with E-state index in [0.717, 1.165) is 16.2 Å². The first-order chi connectivity index (χ1) is 9.95. The lowest BCUT2D eigenvalue weighted by molar-refractivity contribution is -0.186. The summed E-state index contributed by atoms with van der Waals surface area (Å²) in [7, 11) is 0. The van der Waals surface area contributed by atoms with Crippen molar-refractivity contribution in [2.45, 2.75) is 19.1 Å². The van der Waals surface area contributed by atoms with Gasteiger partial charge in [0, 0.05) is 18.8 Å². The van der Waals surface area contributed by atoms with Crippen LogP contribution in [0.4, 0.5) is 13.2 Å². The summed E-state index contributed by atoms with van der Waals surface area (Å²) in [5, 5.41) is 7.37. The fourth-order valence-corrected chi connectivity index (χ4v) is 2.39. The van der Waals surface area contributed by atoms with E-state index in [4.69, 9.17) is 0 Å². The normalized spacial score (nSPS) is 14.9. The number of carbonyl (C=O) groups excluding carboxylic acids is 1. The number of benzene rings is 1. The molecule has 110 valence electrons. The second-order valence-electron chi connectivity index (χ2n) is 4.80. The fourth-order valence-electron chi connectivity index (χ4n) is 2.39. The Morgan fingerprint density at radius 1 is 1.14 bits per heavy atom. The lowest BCUT2D eigenvalue weighted by atomic mass is 9.99. The number of amides is 1. The molecule has 0 spiro atoms. The Hall–Kier alpha value is -2.38. The zero-order valence-corrected chi connectivity index (χ0v) is 10.8. The second-order valence-corrected chi connectivity index (χ2v) is 4.80. The molecule has 0 bridgehead atoms. The Balaban J connectivity index is 1.88. The van der Waals surface area contributed by atoms with E-state index in [1.54, 1.807) is 10.6 Å². The van der Waals surface area contributed by atoms with Crippen molar-refractivity contribution in [3.63, 3.8) is 0 Å². The number of nitrogens with zero attached hydrogens (tertiary/aromatic N) is 4. The van der Waals surface area contributed by atoms with Gasteiger partial charge in [-0.1, -0.05) is 6.07 Å². The molecule has 21 heavy (non-hydrogen) atoms. The van der Waals surface area contributed by atoms with E-state index in [0.29, 0.717) is 12.0 Å². The Labute approximate surface area is 118 Å². The van der Waals surface area contributed by atoms with Gasteiger partial charge in [0.15, 0.2) is 0 Å². The highest BCUT2D eigenvalue weighted by atomic mass is 19.4. The van der Waals surface area contributed by atoms with Crippen molar-refractivity contribution in [3.8, 4) is 5.69 Å². The van der Waals surface area contributed by atoms with Crippen molar-refractivity contribution in [1.82, 2.24) is 19.7 Å². The molecule has 0 radical (unpaired) electrons. The summed E-state index contributed by atoms with van der Waals surface area (Å²) in [6.07, 6.45) is -1.41. The molecule has 1 aliphatic rings. The van der Waals surface area contributed by atoms with Crippen LogP contribution in [0.1, 0.15) is 11.1 Å². The Morgan fingerprint density at radius 3 is 2.52 bits per heavy atom. The van der Waals surface area contributed by atoms with Crippen molar-refractivity contribution in [2.75, 3.05) is 6.54 Å². The molecule has 0 saturated heterocycles. The summed E-state index contributed by atoms with van der Waals surface area (Å²) in [6.45, 7) is 0.0426. The molecule has 5 nitrogen and oxygen atoms in total. The largest absolute Gasteiger partial charge is 0.471 e. The van der Waals surface area contributed by atoms with E-state index in [2.05, 4.69) is 10.2 Å². The van der Waals surface area contributed by atoms with Crippen molar-refractivity contribution >= 4 is 5.91 Å². The number of fused-ring (bicyclic) bond motifs is 1. The molecular formula is C13H11F3N4O. The minimum atomic E-state index is -4.83. The first-order valence-electron chi connectivity index (χ1n) is 6.28. The average Bonchev–Trinajstić information content (AvgIpc) is 2.98. The molecule has 0 saturated carbocycles. The van der Waals surface area contributed by atoms with Crippen LogP contribution in [-0.2, 0) is 17.8 Å². The van der Waals surface area contributed by atoms with Gasteiger partial charge in [0.1, 0.15) is 12.7 Å². The highest BCUT2D eigenvalue weighted by molar-refractivity contribution is 5.82. The van der Waals surface area contributed by atoms with Gasteiger partial charge in [-0.05, 0) is 29.7 Å². The van der Waals surface area contributed by atoms with Crippen molar-refractivity contribution < 1.29 is 18.0 Å². The van der Waals surface area contributed by atoms with E-state index >= 15 is 0 Å². The van der Waals surface area contributed by atoms with Crippen LogP contribution in [0.2, 0.25) is 0 Å². The van der Waals surface area contributed by atoms with E-state index in [9.17, 15) is 18.0 Å². The van der Waals surface area contributed by atoms with Gasteiger partial charge in [0.25, 0.3) is 0 Å². The molecule has 1 aromatic heterocycles. The van der Waals surface area contributed by atoms with Gasteiger partial charge >= 0.3 is 12.1 Å². The van der Waals surface area contributed by atoms with Gasteiger partial charge in [-0.25, -0.2) is 0 Å². The molecule has 2 aromatic rings. The van der Waals surface area contributed by atoms with Crippen molar-refractivity contribution in [2.24, 2.45) is 0 Å². The third-order valence-corrected chi connectivity index (χ3v) is 3.45. The molecule has 0 atom stereocenters. The van der Waals surface area contributed by atoms with Gasteiger partial charge in [0.05, 0.1) is 0 Å². The summed E-state index contributed by atoms with van der Waals surface area (Å²) in [4.78, 5) is 12.2. The topological polar surface area (TPSA) is 51.0 Å². The number of rotatable bonds is 1. The molecule has 1 aliphatic heterocycles. The Kier molecular flexibility index (Phi) is 3.15. The third-order valence-electron chi connectivity index (χ3n) is 3.45. The van der Waals surface area contributed by atoms with E-state index in [1.165, 1.54) is 12.7 Å². The van der Waals surface area contributed by atoms with Crippen molar-refractivity contribution in [1.29, 1.82) is 0 Å². The quantitative estimate of drug-likeness (QED) is 0.805. The molecule has 2 heterocycles. The molecule has 3 rings (SSSR count). The molecule has 1 amide bonds.